The van der Waals surface area contributed by atoms with Crippen molar-refractivity contribution < 1.29 is 5.11 Å². The molecule has 0 saturated carbocycles. The fraction of sp³-hybridized carbons (Fsp3) is 0.250. The van der Waals surface area contributed by atoms with E-state index in [4.69, 9.17) is 0 Å². The van der Waals surface area contributed by atoms with Crippen LogP contribution in [0.15, 0.2) is 115 Å². The number of rotatable bonds is 4. The first-order valence-corrected chi connectivity index (χ1v) is 16.3. The summed E-state index contributed by atoms with van der Waals surface area (Å²) in [6.45, 7) is 0.822. The summed E-state index contributed by atoms with van der Waals surface area (Å²) in [5, 5.41) is 12.5. The summed E-state index contributed by atoms with van der Waals surface area (Å²) >= 11 is 14.5. The van der Waals surface area contributed by atoms with Gasteiger partial charge in [0.2, 0.25) is 0 Å². The lowest BCUT2D eigenvalue weighted by Gasteiger charge is -2.69. The molecule has 4 bridgehead atoms. The topological polar surface area (TPSA) is 26.7 Å². The molecule has 8 rings (SSSR count). The zero-order valence-corrected chi connectivity index (χ0v) is 27.2. The third-order valence-electron chi connectivity index (χ3n) is 8.85. The zero-order chi connectivity index (χ0) is 26.8. The molecule has 0 amide bonds. The van der Waals surface area contributed by atoms with Crippen LogP contribution >= 0.6 is 63.7 Å². The highest BCUT2D eigenvalue weighted by molar-refractivity contribution is 9.11. The SMILES string of the molecule is OC1C2C(c3ccc(Br)cc3)N3CN(C2c2ccc(Br)cc2)C(c2ccc(Br)cc2)C1C3c1ccc(Br)cc1. The predicted octanol–water partition coefficient (Wildman–Crippen LogP) is 9.20. The number of halogens is 4. The van der Waals surface area contributed by atoms with E-state index in [0.717, 1.165) is 24.6 Å². The molecule has 4 aliphatic rings. The molecule has 1 N–H and O–H groups in total. The van der Waals surface area contributed by atoms with E-state index >= 15 is 0 Å². The number of aliphatic hydroxyl groups is 1. The van der Waals surface area contributed by atoms with Gasteiger partial charge in [-0.25, -0.2) is 0 Å². The minimum Gasteiger partial charge on any atom is -0.392 e. The molecule has 4 atom stereocenters. The molecule has 4 fully saturated rings. The average molecular weight is 774 g/mol. The van der Waals surface area contributed by atoms with Gasteiger partial charge in [0.15, 0.2) is 0 Å². The molecule has 0 aliphatic carbocycles. The summed E-state index contributed by atoms with van der Waals surface area (Å²) in [5.41, 5.74) is 5.02. The maximum absolute atomic E-state index is 12.5. The van der Waals surface area contributed by atoms with Crippen molar-refractivity contribution in [1.82, 2.24) is 9.80 Å². The Morgan fingerprint density at radius 3 is 0.897 bits per heavy atom. The van der Waals surface area contributed by atoms with Crippen LogP contribution in [0.25, 0.3) is 0 Å². The van der Waals surface area contributed by atoms with E-state index in [-0.39, 0.29) is 36.0 Å². The second-order valence-corrected chi connectivity index (χ2v) is 14.5. The van der Waals surface area contributed by atoms with Crippen molar-refractivity contribution in [3.8, 4) is 0 Å². The molecular formula is C32H26Br4N2O. The number of nitrogens with zero attached hydrogens (tertiary/aromatic N) is 2. The molecule has 198 valence electrons. The van der Waals surface area contributed by atoms with Crippen LogP contribution in [0, 0.1) is 11.8 Å². The molecule has 4 saturated heterocycles. The summed E-state index contributed by atoms with van der Waals surface area (Å²) in [4.78, 5) is 5.30. The van der Waals surface area contributed by atoms with Crippen molar-refractivity contribution in [2.75, 3.05) is 6.67 Å². The van der Waals surface area contributed by atoms with Gasteiger partial charge in [0.1, 0.15) is 0 Å². The standard InChI is InChI=1S/C32H26Br4N2O/c33-22-9-1-18(2-10-22)28-26-29(19-3-11-23(34)12-4-19)38-17-37(28)30(20-5-13-24(35)14-6-20)27(32(26)39)31(38)21-7-15-25(36)16-8-21/h1-16,26-32,39H,17H2. The Labute approximate surface area is 262 Å². The van der Waals surface area contributed by atoms with Gasteiger partial charge in [0, 0.05) is 53.9 Å². The Balaban J connectivity index is 1.43. The second kappa shape index (κ2) is 10.5. The van der Waals surface area contributed by atoms with Crippen LogP contribution in [0.1, 0.15) is 46.4 Å². The van der Waals surface area contributed by atoms with Gasteiger partial charge in [-0.1, -0.05) is 112 Å². The van der Waals surface area contributed by atoms with Gasteiger partial charge in [0.05, 0.1) is 12.8 Å². The van der Waals surface area contributed by atoms with Crippen LogP contribution in [0.2, 0.25) is 0 Å². The van der Waals surface area contributed by atoms with Crippen LogP contribution in [0.4, 0.5) is 0 Å². The molecule has 4 aromatic carbocycles. The zero-order valence-electron chi connectivity index (χ0n) is 20.8. The smallest absolute Gasteiger partial charge is 0.0669 e. The monoisotopic (exact) mass is 770 g/mol. The average Bonchev–Trinajstić information content (AvgIpc) is 2.94. The third-order valence-corrected chi connectivity index (χ3v) is 11.0. The van der Waals surface area contributed by atoms with Gasteiger partial charge in [0.25, 0.3) is 0 Å². The van der Waals surface area contributed by atoms with Crippen LogP contribution in [0.5, 0.6) is 0 Å². The Morgan fingerprint density at radius 1 is 0.436 bits per heavy atom. The third kappa shape index (κ3) is 4.53. The van der Waals surface area contributed by atoms with Gasteiger partial charge in [-0.2, -0.15) is 0 Å². The van der Waals surface area contributed by atoms with E-state index in [0.29, 0.717) is 0 Å². The van der Waals surface area contributed by atoms with Crippen molar-refractivity contribution in [1.29, 1.82) is 0 Å². The summed E-state index contributed by atoms with van der Waals surface area (Å²) in [7, 11) is 0. The predicted molar refractivity (Wildman–Crippen MR) is 169 cm³/mol. The number of hydrogen-bond acceptors (Lipinski definition) is 3. The molecule has 0 radical (unpaired) electrons. The first-order chi connectivity index (χ1) is 18.9. The normalized spacial score (nSPS) is 32.9. The number of aliphatic hydroxyl groups excluding tert-OH is 1. The van der Waals surface area contributed by atoms with Gasteiger partial charge in [-0.05, 0) is 70.8 Å². The molecule has 7 heteroatoms. The Kier molecular flexibility index (Phi) is 7.16. The van der Waals surface area contributed by atoms with Crippen LogP contribution in [-0.4, -0.2) is 27.7 Å². The van der Waals surface area contributed by atoms with E-state index in [1.807, 2.05) is 0 Å². The lowest BCUT2D eigenvalue weighted by atomic mass is 9.59. The highest BCUT2D eigenvalue weighted by atomic mass is 79.9. The van der Waals surface area contributed by atoms with Crippen molar-refractivity contribution in [2.45, 2.75) is 30.3 Å². The Bertz CT molecular complexity index is 1260. The van der Waals surface area contributed by atoms with Gasteiger partial charge < -0.3 is 5.11 Å². The Hall–Kier alpha value is -1.32. The number of piperidine rings is 2. The summed E-state index contributed by atoms with van der Waals surface area (Å²) < 4.78 is 4.27. The first-order valence-electron chi connectivity index (χ1n) is 13.1. The molecule has 3 nitrogen and oxygen atoms in total. The van der Waals surface area contributed by atoms with Crippen LogP contribution < -0.4 is 0 Å². The summed E-state index contributed by atoms with van der Waals surface area (Å²) in [6, 6.07) is 35.2. The molecule has 39 heavy (non-hydrogen) atoms. The van der Waals surface area contributed by atoms with Crippen molar-refractivity contribution in [2.24, 2.45) is 11.8 Å². The minimum absolute atomic E-state index is 0.0319. The van der Waals surface area contributed by atoms with Crippen molar-refractivity contribution in [3.63, 3.8) is 0 Å². The van der Waals surface area contributed by atoms with Crippen LogP contribution in [0.3, 0.4) is 0 Å². The fourth-order valence-electron chi connectivity index (χ4n) is 7.41. The lowest BCUT2D eigenvalue weighted by Crippen LogP contribution is -2.71. The number of hydrogen-bond donors (Lipinski definition) is 1. The first kappa shape index (κ1) is 26.6. The summed E-state index contributed by atoms with van der Waals surface area (Å²) in [6.07, 6.45) is -0.484. The molecule has 0 spiro atoms. The van der Waals surface area contributed by atoms with E-state index in [1.54, 1.807) is 0 Å². The van der Waals surface area contributed by atoms with Crippen LogP contribution in [-0.2, 0) is 0 Å². The maximum Gasteiger partial charge on any atom is 0.0669 e. The van der Waals surface area contributed by atoms with Crippen molar-refractivity contribution in [3.05, 3.63) is 137 Å². The molecule has 0 aromatic heterocycles. The quantitative estimate of drug-likeness (QED) is 0.224. The van der Waals surface area contributed by atoms with E-state index in [9.17, 15) is 5.11 Å². The Morgan fingerprint density at radius 2 is 0.667 bits per heavy atom. The van der Waals surface area contributed by atoms with E-state index in [1.165, 1.54) is 22.3 Å². The molecule has 4 unspecified atom stereocenters. The van der Waals surface area contributed by atoms with E-state index in [2.05, 4.69) is 171 Å². The second-order valence-electron chi connectivity index (χ2n) is 10.8. The number of benzene rings is 4. The van der Waals surface area contributed by atoms with Gasteiger partial charge in [-0.15, -0.1) is 0 Å². The highest BCUT2D eigenvalue weighted by Gasteiger charge is 2.64. The summed E-state index contributed by atoms with van der Waals surface area (Å²) in [5.74, 6) is 0.0639. The van der Waals surface area contributed by atoms with E-state index < -0.39 is 6.10 Å². The molecule has 4 aromatic rings. The van der Waals surface area contributed by atoms with Gasteiger partial charge in [-0.3, -0.25) is 9.80 Å². The minimum atomic E-state index is -0.484. The molecule has 4 heterocycles. The largest absolute Gasteiger partial charge is 0.392 e. The van der Waals surface area contributed by atoms with Gasteiger partial charge >= 0.3 is 0 Å². The highest BCUT2D eigenvalue weighted by Crippen LogP contribution is 2.65. The molecule has 4 aliphatic heterocycles. The lowest BCUT2D eigenvalue weighted by molar-refractivity contribution is -0.260. The maximum atomic E-state index is 12.5. The fourth-order valence-corrected chi connectivity index (χ4v) is 8.47. The molecular weight excluding hydrogens is 748 g/mol. The van der Waals surface area contributed by atoms with Crippen molar-refractivity contribution >= 4 is 63.7 Å².